The third-order valence-electron chi connectivity index (χ3n) is 3.43. The molecule has 0 radical (unpaired) electrons. The first-order valence-corrected chi connectivity index (χ1v) is 6.60. The maximum atomic E-state index is 5.35. The minimum atomic E-state index is 0.870. The zero-order chi connectivity index (χ0) is 13.8. The van der Waals surface area contributed by atoms with Crippen molar-refractivity contribution in [3.63, 3.8) is 0 Å². The van der Waals surface area contributed by atoms with Crippen LogP contribution in [0.4, 0.5) is 5.69 Å². The third-order valence-corrected chi connectivity index (χ3v) is 3.43. The van der Waals surface area contributed by atoms with Gasteiger partial charge in [0.1, 0.15) is 5.76 Å². The number of nitrogens with one attached hydrogen (secondary N) is 1. The Morgan fingerprint density at radius 2 is 2.00 bits per heavy atom. The van der Waals surface area contributed by atoms with Crippen molar-refractivity contribution in [2.24, 2.45) is 0 Å². The van der Waals surface area contributed by atoms with Crippen LogP contribution in [0.15, 0.2) is 34.9 Å². The highest BCUT2D eigenvalue weighted by atomic mass is 16.3. The van der Waals surface area contributed by atoms with E-state index in [4.69, 9.17) is 4.42 Å². The molecule has 102 valence electrons. The molecule has 3 heteroatoms. The fraction of sp³-hybridized carbons (Fsp3) is 0.375. The minimum absolute atomic E-state index is 0.870. The number of benzene rings is 1. The van der Waals surface area contributed by atoms with Gasteiger partial charge in [-0.25, -0.2) is 0 Å². The number of aryl methyl sites for hydroxylation is 2. The lowest BCUT2D eigenvalue weighted by atomic mass is 10.1. The summed E-state index contributed by atoms with van der Waals surface area (Å²) in [4.78, 5) is 2.26. The molecule has 1 aromatic carbocycles. The molecule has 3 nitrogen and oxygen atoms in total. The van der Waals surface area contributed by atoms with Crippen molar-refractivity contribution < 1.29 is 4.42 Å². The van der Waals surface area contributed by atoms with Crippen molar-refractivity contribution >= 4 is 5.69 Å². The lowest BCUT2D eigenvalue weighted by molar-refractivity contribution is 0.529. The molecule has 2 aromatic rings. The monoisotopic (exact) mass is 258 g/mol. The van der Waals surface area contributed by atoms with E-state index in [0.29, 0.717) is 0 Å². The van der Waals surface area contributed by atoms with Gasteiger partial charge in [-0.15, -0.1) is 0 Å². The van der Waals surface area contributed by atoms with Crippen LogP contribution in [-0.2, 0) is 13.1 Å². The van der Waals surface area contributed by atoms with E-state index in [1.165, 1.54) is 22.4 Å². The van der Waals surface area contributed by atoms with Crippen LogP contribution in [0, 0.1) is 13.8 Å². The molecule has 2 rings (SSSR count). The van der Waals surface area contributed by atoms with Gasteiger partial charge in [-0.2, -0.15) is 0 Å². The molecule has 1 heterocycles. The van der Waals surface area contributed by atoms with Gasteiger partial charge in [0.15, 0.2) is 0 Å². The van der Waals surface area contributed by atoms with Gasteiger partial charge in [-0.3, -0.25) is 0 Å². The number of hydrogen-bond acceptors (Lipinski definition) is 3. The molecule has 0 atom stereocenters. The van der Waals surface area contributed by atoms with Crippen molar-refractivity contribution in [3.8, 4) is 0 Å². The van der Waals surface area contributed by atoms with E-state index in [0.717, 1.165) is 18.8 Å². The first-order valence-electron chi connectivity index (χ1n) is 6.60. The van der Waals surface area contributed by atoms with Crippen LogP contribution in [0.1, 0.15) is 22.5 Å². The van der Waals surface area contributed by atoms with E-state index < -0.39 is 0 Å². The Balaban J connectivity index is 2.15. The number of nitrogens with zero attached hydrogens (tertiary/aromatic N) is 1. The minimum Gasteiger partial charge on any atom is -0.469 e. The molecule has 0 aliphatic heterocycles. The molecular weight excluding hydrogens is 236 g/mol. The van der Waals surface area contributed by atoms with Crippen molar-refractivity contribution in [2.45, 2.75) is 26.9 Å². The van der Waals surface area contributed by atoms with Crippen LogP contribution < -0.4 is 10.2 Å². The molecule has 0 aliphatic carbocycles. The molecule has 0 unspecified atom stereocenters. The fourth-order valence-corrected chi connectivity index (χ4v) is 2.38. The summed E-state index contributed by atoms with van der Waals surface area (Å²) in [6.45, 7) is 5.94. The van der Waals surface area contributed by atoms with Gasteiger partial charge >= 0.3 is 0 Å². The first kappa shape index (κ1) is 13.7. The Morgan fingerprint density at radius 3 is 2.58 bits per heavy atom. The maximum Gasteiger partial charge on any atom is 0.105 e. The lowest BCUT2D eigenvalue weighted by Gasteiger charge is -2.21. The summed E-state index contributed by atoms with van der Waals surface area (Å²) < 4.78 is 5.35. The predicted octanol–water partition coefficient (Wildman–Crippen LogP) is 3.25. The van der Waals surface area contributed by atoms with E-state index in [1.54, 1.807) is 6.26 Å². The molecule has 0 aliphatic rings. The Hall–Kier alpha value is -1.74. The van der Waals surface area contributed by atoms with Crippen molar-refractivity contribution in [2.75, 3.05) is 19.0 Å². The standard InChI is InChI=1S/C16H22N2O/c1-12-9-14(10-17-3)5-6-16(12)18(4)11-15-7-8-19-13(15)2/h5-9,17H,10-11H2,1-4H3. The Labute approximate surface area is 115 Å². The average Bonchev–Trinajstić information content (AvgIpc) is 2.75. The Morgan fingerprint density at radius 1 is 1.21 bits per heavy atom. The van der Waals surface area contributed by atoms with Crippen LogP contribution in [0.25, 0.3) is 0 Å². The van der Waals surface area contributed by atoms with Gasteiger partial charge in [0, 0.05) is 31.4 Å². The van der Waals surface area contributed by atoms with Crippen molar-refractivity contribution in [1.82, 2.24) is 5.32 Å². The molecule has 1 N–H and O–H groups in total. The zero-order valence-electron chi connectivity index (χ0n) is 12.2. The predicted molar refractivity (Wildman–Crippen MR) is 79.5 cm³/mol. The average molecular weight is 258 g/mol. The molecule has 19 heavy (non-hydrogen) atoms. The Kier molecular flexibility index (Phi) is 4.27. The molecule has 0 spiro atoms. The molecule has 0 saturated heterocycles. The summed E-state index contributed by atoms with van der Waals surface area (Å²) in [5.74, 6) is 0.997. The van der Waals surface area contributed by atoms with Crippen LogP contribution in [0.2, 0.25) is 0 Å². The number of rotatable bonds is 5. The molecule has 0 bridgehead atoms. The van der Waals surface area contributed by atoms with Gasteiger partial charge in [-0.05, 0) is 44.2 Å². The van der Waals surface area contributed by atoms with Crippen LogP contribution >= 0.6 is 0 Å². The van der Waals surface area contributed by atoms with E-state index in [9.17, 15) is 0 Å². The van der Waals surface area contributed by atoms with Crippen LogP contribution in [-0.4, -0.2) is 14.1 Å². The summed E-state index contributed by atoms with van der Waals surface area (Å²) in [6, 6.07) is 8.65. The topological polar surface area (TPSA) is 28.4 Å². The quantitative estimate of drug-likeness (QED) is 0.892. The largest absolute Gasteiger partial charge is 0.469 e. The number of hydrogen-bond donors (Lipinski definition) is 1. The molecule has 1 aromatic heterocycles. The van der Waals surface area contributed by atoms with E-state index in [-0.39, 0.29) is 0 Å². The van der Waals surface area contributed by atoms with E-state index in [1.807, 2.05) is 20.0 Å². The summed E-state index contributed by atoms with van der Waals surface area (Å²) in [5.41, 5.74) is 5.12. The lowest BCUT2D eigenvalue weighted by Crippen LogP contribution is -2.18. The van der Waals surface area contributed by atoms with E-state index >= 15 is 0 Å². The SMILES string of the molecule is CNCc1ccc(N(C)Cc2ccoc2C)c(C)c1. The molecule has 0 amide bonds. The van der Waals surface area contributed by atoms with Gasteiger partial charge in [0.2, 0.25) is 0 Å². The van der Waals surface area contributed by atoms with Gasteiger partial charge in [0.25, 0.3) is 0 Å². The summed E-state index contributed by atoms with van der Waals surface area (Å²) in [5, 5.41) is 3.18. The van der Waals surface area contributed by atoms with Crippen molar-refractivity contribution in [1.29, 1.82) is 0 Å². The highest BCUT2D eigenvalue weighted by Crippen LogP contribution is 2.23. The van der Waals surface area contributed by atoms with Crippen LogP contribution in [0.5, 0.6) is 0 Å². The normalized spacial score (nSPS) is 10.7. The van der Waals surface area contributed by atoms with Gasteiger partial charge < -0.3 is 14.6 Å². The van der Waals surface area contributed by atoms with Gasteiger partial charge in [0.05, 0.1) is 6.26 Å². The van der Waals surface area contributed by atoms with Gasteiger partial charge in [-0.1, -0.05) is 12.1 Å². The highest BCUT2D eigenvalue weighted by molar-refractivity contribution is 5.54. The Bertz CT molecular complexity index is 545. The summed E-state index contributed by atoms with van der Waals surface area (Å²) >= 11 is 0. The third kappa shape index (κ3) is 3.18. The van der Waals surface area contributed by atoms with E-state index in [2.05, 4.69) is 42.4 Å². The maximum absolute atomic E-state index is 5.35. The van der Waals surface area contributed by atoms with Crippen molar-refractivity contribution in [3.05, 3.63) is 53.0 Å². The molecule has 0 fully saturated rings. The second-order valence-electron chi connectivity index (χ2n) is 5.01. The molecular formula is C16H22N2O. The number of anilines is 1. The second kappa shape index (κ2) is 5.93. The zero-order valence-corrected chi connectivity index (χ0v) is 12.2. The highest BCUT2D eigenvalue weighted by Gasteiger charge is 2.09. The summed E-state index contributed by atoms with van der Waals surface area (Å²) in [7, 11) is 4.09. The fourth-order valence-electron chi connectivity index (χ4n) is 2.38. The second-order valence-corrected chi connectivity index (χ2v) is 5.01. The smallest absolute Gasteiger partial charge is 0.105 e. The first-order chi connectivity index (χ1) is 9.11. The summed E-state index contributed by atoms with van der Waals surface area (Å²) in [6.07, 6.45) is 1.75. The number of furan rings is 1. The van der Waals surface area contributed by atoms with Crippen LogP contribution in [0.3, 0.4) is 0 Å². The molecule has 0 saturated carbocycles.